The third-order valence-electron chi connectivity index (χ3n) is 4.35. The second-order valence-electron chi connectivity index (χ2n) is 6.06. The van der Waals surface area contributed by atoms with Gasteiger partial charge in [-0.2, -0.15) is 15.0 Å². The summed E-state index contributed by atoms with van der Waals surface area (Å²) in [6.07, 6.45) is 7.34. The molecular formula is C14H22ClN5O. The Labute approximate surface area is 130 Å². The highest BCUT2D eigenvalue weighted by Crippen LogP contribution is 2.28. The first-order chi connectivity index (χ1) is 10.1. The molecule has 0 atom stereocenters. The van der Waals surface area contributed by atoms with Crippen LogP contribution in [0.5, 0.6) is 0 Å². The number of aliphatic hydroxyl groups is 1. The van der Waals surface area contributed by atoms with Crippen molar-refractivity contribution in [1.82, 2.24) is 15.0 Å². The van der Waals surface area contributed by atoms with E-state index >= 15 is 0 Å². The van der Waals surface area contributed by atoms with E-state index in [4.69, 9.17) is 11.6 Å². The molecule has 1 saturated carbocycles. The Balaban J connectivity index is 1.67. The van der Waals surface area contributed by atoms with Crippen LogP contribution in [0.1, 0.15) is 44.9 Å². The first-order valence-corrected chi connectivity index (χ1v) is 8.15. The zero-order chi connectivity index (χ0) is 14.7. The molecule has 0 aromatic carbocycles. The molecule has 2 heterocycles. The lowest BCUT2D eigenvalue weighted by Gasteiger charge is -2.32. The second kappa shape index (κ2) is 6.32. The number of nitrogens with one attached hydrogen (secondary N) is 1. The molecule has 1 aliphatic carbocycles. The fourth-order valence-electron chi connectivity index (χ4n) is 3.11. The van der Waals surface area contributed by atoms with E-state index in [9.17, 15) is 5.11 Å². The van der Waals surface area contributed by atoms with Crippen molar-refractivity contribution in [3.8, 4) is 0 Å². The molecule has 116 valence electrons. The maximum Gasteiger partial charge on any atom is 0.231 e. The van der Waals surface area contributed by atoms with Crippen LogP contribution < -0.4 is 10.2 Å². The summed E-state index contributed by atoms with van der Waals surface area (Å²) in [4.78, 5) is 14.9. The smallest absolute Gasteiger partial charge is 0.231 e. The third kappa shape index (κ3) is 3.74. The van der Waals surface area contributed by atoms with Gasteiger partial charge < -0.3 is 15.3 Å². The minimum Gasteiger partial charge on any atom is -0.388 e. The number of hydrogen-bond donors (Lipinski definition) is 2. The van der Waals surface area contributed by atoms with Crippen LogP contribution in [0.25, 0.3) is 0 Å². The zero-order valence-electron chi connectivity index (χ0n) is 12.2. The van der Waals surface area contributed by atoms with Gasteiger partial charge in [0, 0.05) is 19.6 Å². The van der Waals surface area contributed by atoms with E-state index in [1.807, 2.05) is 0 Å². The molecule has 1 aromatic rings. The summed E-state index contributed by atoms with van der Waals surface area (Å²) in [7, 11) is 0. The largest absolute Gasteiger partial charge is 0.388 e. The molecule has 3 rings (SSSR count). The van der Waals surface area contributed by atoms with E-state index < -0.39 is 5.60 Å². The molecule has 0 bridgehead atoms. The fraction of sp³-hybridized carbons (Fsp3) is 0.786. The number of rotatable bonds is 4. The van der Waals surface area contributed by atoms with Crippen LogP contribution in [0.3, 0.4) is 0 Å². The molecule has 2 aliphatic rings. The highest BCUT2D eigenvalue weighted by atomic mass is 35.5. The highest BCUT2D eigenvalue weighted by molar-refractivity contribution is 6.28. The van der Waals surface area contributed by atoms with Gasteiger partial charge in [-0.25, -0.2) is 0 Å². The molecule has 0 unspecified atom stereocenters. The molecule has 1 aromatic heterocycles. The summed E-state index contributed by atoms with van der Waals surface area (Å²) in [5, 5.41) is 13.8. The van der Waals surface area contributed by atoms with Gasteiger partial charge in [0.05, 0.1) is 5.60 Å². The molecule has 2 fully saturated rings. The van der Waals surface area contributed by atoms with E-state index in [-0.39, 0.29) is 5.28 Å². The summed E-state index contributed by atoms with van der Waals surface area (Å²) in [5.41, 5.74) is -0.648. The van der Waals surface area contributed by atoms with E-state index in [0.29, 0.717) is 18.4 Å². The van der Waals surface area contributed by atoms with Crippen molar-refractivity contribution >= 4 is 23.5 Å². The molecule has 1 saturated heterocycles. The van der Waals surface area contributed by atoms with Crippen molar-refractivity contribution < 1.29 is 5.11 Å². The summed E-state index contributed by atoms with van der Waals surface area (Å²) in [6.45, 7) is 2.39. The van der Waals surface area contributed by atoms with Crippen LogP contribution in [0.2, 0.25) is 5.28 Å². The average Bonchev–Trinajstić information content (AvgIpc) is 3.00. The summed E-state index contributed by atoms with van der Waals surface area (Å²) < 4.78 is 0. The predicted octanol–water partition coefficient (Wildman–Crippen LogP) is 2.23. The van der Waals surface area contributed by atoms with Crippen LogP contribution in [-0.4, -0.2) is 45.3 Å². The number of hydrogen-bond acceptors (Lipinski definition) is 6. The molecule has 6 nitrogen and oxygen atoms in total. The topological polar surface area (TPSA) is 74.2 Å². The lowest BCUT2D eigenvalue weighted by atomic mass is 9.85. The van der Waals surface area contributed by atoms with Crippen molar-refractivity contribution in [3.63, 3.8) is 0 Å². The van der Waals surface area contributed by atoms with Gasteiger partial charge in [-0.15, -0.1) is 0 Å². The maximum absolute atomic E-state index is 10.5. The minimum atomic E-state index is -0.648. The second-order valence-corrected chi connectivity index (χ2v) is 6.40. The monoisotopic (exact) mass is 311 g/mol. The zero-order valence-corrected chi connectivity index (χ0v) is 12.9. The Morgan fingerprint density at radius 3 is 2.48 bits per heavy atom. The Hall–Kier alpha value is -1.14. The van der Waals surface area contributed by atoms with Crippen LogP contribution >= 0.6 is 11.6 Å². The predicted molar refractivity (Wildman–Crippen MR) is 82.8 cm³/mol. The van der Waals surface area contributed by atoms with Crippen LogP contribution in [0.15, 0.2) is 0 Å². The normalized spacial score (nSPS) is 21.5. The summed E-state index contributed by atoms with van der Waals surface area (Å²) in [6, 6.07) is 0. The average molecular weight is 312 g/mol. The van der Waals surface area contributed by atoms with Crippen molar-refractivity contribution in [2.45, 2.75) is 50.5 Å². The fourth-order valence-corrected chi connectivity index (χ4v) is 3.26. The minimum absolute atomic E-state index is 0.199. The lowest BCUT2D eigenvalue weighted by molar-refractivity contribution is 0.0166. The van der Waals surface area contributed by atoms with Crippen molar-refractivity contribution in [2.75, 3.05) is 29.9 Å². The first-order valence-electron chi connectivity index (χ1n) is 7.77. The Kier molecular flexibility index (Phi) is 4.45. The van der Waals surface area contributed by atoms with E-state index in [1.165, 1.54) is 6.42 Å². The molecule has 21 heavy (non-hydrogen) atoms. The quantitative estimate of drug-likeness (QED) is 0.888. The number of nitrogens with zero attached hydrogens (tertiary/aromatic N) is 4. The van der Waals surface area contributed by atoms with Crippen molar-refractivity contribution in [3.05, 3.63) is 5.28 Å². The number of aromatic nitrogens is 3. The number of halogens is 1. The molecular weight excluding hydrogens is 290 g/mol. The van der Waals surface area contributed by atoms with Gasteiger partial charge in [-0.3, -0.25) is 0 Å². The third-order valence-corrected chi connectivity index (χ3v) is 4.51. The van der Waals surface area contributed by atoms with E-state index in [1.54, 1.807) is 0 Å². The lowest BCUT2D eigenvalue weighted by Crippen LogP contribution is -2.39. The van der Waals surface area contributed by atoms with E-state index in [2.05, 4.69) is 25.2 Å². The molecule has 0 radical (unpaired) electrons. The molecule has 7 heteroatoms. The van der Waals surface area contributed by atoms with Crippen LogP contribution in [-0.2, 0) is 0 Å². The summed E-state index contributed by atoms with van der Waals surface area (Å²) >= 11 is 5.99. The van der Waals surface area contributed by atoms with E-state index in [0.717, 1.165) is 51.6 Å². The Morgan fingerprint density at radius 1 is 1.05 bits per heavy atom. The van der Waals surface area contributed by atoms with Gasteiger partial charge in [0.15, 0.2) is 0 Å². The number of anilines is 2. The Bertz CT molecular complexity index is 486. The van der Waals surface area contributed by atoms with Crippen molar-refractivity contribution in [2.24, 2.45) is 0 Å². The first kappa shape index (κ1) is 14.8. The van der Waals surface area contributed by atoms with Gasteiger partial charge in [0.25, 0.3) is 0 Å². The van der Waals surface area contributed by atoms with Gasteiger partial charge >= 0.3 is 0 Å². The molecule has 0 amide bonds. The Morgan fingerprint density at radius 2 is 1.76 bits per heavy atom. The van der Waals surface area contributed by atoms with Crippen LogP contribution in [0.4, 0.5) is 11.9 Å². The maximum atomic E-state index is 10.5. The van der Waals surface area contributed by atoms with Crippen molar-refractivity contribution in [1.29, 1.82) is 0 Å². The standard InChI is InChI=1S/C14H22ClN5O/c15-11-17-12(16-10-14(21)6-2-1-3-7-14)19-13(18-11)20-8-4-5-9-20/h21H,1-10H2,(H,16,17,18,19). The van der Waals surface area contributed by atoms with Gasteiger partial charge in [-0.1, -0.05) is 19.3 Å². The summed E-state index contributed by atoms with van der Waals surface area (Å²) in [5.74, 6) is 1.08. The molecule has 2 N–H and O–H groups in total. The molecule has 0 spiro atoms. The highest BCUT2D eigenvalue weighted by Gasteiger charge is 2.29. The van der Waals surface area contributed by atoms with Crippen LogP contribution in [0, 0.1) is 0 Å². The SMILES string of the molecule is OC1(CNc2nc(Cl)nc(N3CCCC3)n2)CCCCC1. The molecule has 1 aliphatic heterocycles. The van der Waals surface area contributed by atoms with Gasteiger partial charge in [-0.05, 0) is 37.3 Å². The van der Waals surface area contributed by atoms with Gasteiger partial charge in [0.2, 0.25) is 17.2 Å². The van der Waals surface area contributed by atoms with Gasteiger partial charge in [0.1, 0.15) is 0 Å².